The molecular weight excluding hydrogens is 320 g/mol. The summed E-state index contributed by atoms with van der Waals surface area (Å²) in [6, 6.07) is 0. The van der Waals surface area contributed by atoms with Crippen molar-refractivity contribution in [2.75, 3.05) is 80.5 Å². The van der Waals surface area contributed by atoms with Gasteiger partial charge in [0, 0.05) is 52.4 Å². The second kappa shape index (κ2) is 20.6. The van der Waals surface area contributed by atoms with E-state index in [1.807, 2.05) is 27.7 Å². The van der Waals surface area contributed by atoms with Crippen LogP contribution in [0.15, 0.2) is 24.3 Å². The molecule has 26 heavy (non-hydrogen) atoms. The van der Waals surface area contributed by atoms with Crippen LogP contribution < -0.4 is 0 Å². The van der Waals surface area contributed by atoms with Crippen LogP contribution in [0.5, 0.6) is 0 Å². The Hall–Kier alpha value is -0.680. The van der Waals surface area contributed by atoms with Crippen molar-refractivity contribution in [1.29, 1.82) is 0 Å². The van der Waals surface area contributed by atoms with Crippen LogP contribution in [0, 0.1) is 0 Å². The van der Waals surface area contributed by atoms with Gasteiger partial charge in [0.15, 0.2) is 0 Å². The summed E-state index contributed by atoms with van der Waals surface area (Å²) in [6.45, 7) is 17.7. The largest absolute Gasteiger partial charge is 0.304 e. The summed E-state index contributed by atoms with van der Waals surface area (Å²) in [5.41, 5.74) is 0. The van der Waals surface area contributed by atoms with Crippen LogP contribution in [-0.4, -0.2) is 100 Å². The van der Waals surface area contributed by atoms with E-state index >= 15 is 0 Å². The second-order valence-corrected chi connectivity index (χ2v) is 6.65. The average molecular weight is 369 g/mol. The third-order valence-electron chi connectivity index (χ3n) is 4.25. The van der Waals surface area contributed by atoms with Gasteiger partial charge in [-0.05, 0) is 41.0 Å². The van der Waals surface area contributed by atoms with Gasteiger partial charge in [0.1, 0.15) is 0 Å². The monoisotopic (exact) mass is 368 g/mol. The summed E-state index contributed by atoms with van der Waals surface area (Å²) in [6.07, 6.45) is 11.4. The third kappa shape index (κ3) is 18.1. The van der Waals surface area contributed by atoms with Gasteiger partial charge in [-0.15, -0.1) is 0 Å². The van der Waals surface area contributed by atoms with Crippen LogP contribution in [0.3, 0.4) is 0 Å². The molecule has 3 heterocycles. The van der Waals surface area contributed by atoms with Crippen molar-refractivity contribution in [2.24, 2.45) is 0 Å². The van der Waals surface area contributed by atoms with Crippen molar-refractivity contribution >= 4 is 0 Å². The van der Waals surface area contributed by atoms with E-state index in [9.17, 15) is 0 Å². The molecule has 156 valence electrons. The molecule has 0 radical (unpaired) electrons. The number of hydrogen-bond acceptors (Lipinski definition) is 4. The molecule has 0 saturated carbocycles. The fraction of sp³-hybridized carbons (Fsp3) is 0.818. The predicted octanol–water partition coefficient (Wildman–Crippen LogP) is 3.67. The molecule has 3 aliphatic heterocycles. The first kappa shape index (κ1) is 27.5. The molecule has 4 heteroatoms. The molecule has 4 nitrogen and oxygen atoms in total. The Kier molecular flexibility index (Phi) is 21.9. The lowest BCUT2D eigenvalue weighted by molar-refractivity contribution is 0.181. The lowest BCUT2D eigenvalue weighted by Gasteiger charge is -2.28. The molecule has 0 aromatic heterocycles. The van der Waals surface area contributed by atoms with Crippen molar-refractivity contribution in [2.45, 2.75) is 40.5 Å². The highest BCUT2D eigenvalue weighted by Gasteiger charge is 2.07. The van der Waals surface area contributed by atoms with Crippen LogP contribution >= 0.6 is 0 Å². The van der Waals surface area contributed by atoms with Gasteiger partial charge in [0.05, 0.1) is 0 Å². The molecular formula is C22H48N4. The van der Waals surface area contributed by atoms with E-state index in [0.717, 1.165) is 13.1 Å². The molecule has 3 rings (SSSR count). The van der Waals surface area contributed by atoms with Crippen LogP contribution in [0.25, 0.3) is 0 Å². The maximum Gasteiger partial charge on any atom is 0.0160 e. The number of piperazine rings is 1. The topological polar surface area (TPSA) is 13.0 Å². The first-order chi connectivity index (χ1) is 12.6. The molecule has 0 bridgehead atoms. The van der Waals surface area contributed by atoms with Crippen molar-refractivity contribution < 1.29 is 0 Å². The van der Waals surface area contributed by atoms with Gasteiger partial charge < -0.3 is 19.6 Å². The van der Waals surface area contributed by atoms with Gasteiger partial charge in [-0.25, -0.2) is 0 Å². The molecule has 0 aromatic rings. The lowest BCUT2D eigenvalue weighted by atomic mass is 10.3. The zero-order valence-electron chi connectivity index (χ0n) is 19.2. The van der Waals surface area contributed by atoms with Gasteiger partial charge >= 0.3 is 0 Å². The Bertz CT molecular complexity index is 288. The molecule has 0 spiro atoms. The summed E-state index contributed by atoms with van der Waals surface area (Å²) in [5, 5.41) is 0. The standard InChI is InChI=1S/C6H14N2.2C6H11N.2C2H6/c1-7-3-5-8(2)6-4-7;2*1-7-5-3-2-4-6-7;2*1-2/h3-6H2,1-2H3;2*2-3H,4-6H2,1H3;2*1-2H3. The van der Waals surface area contributed by atoms with Crippen LogP contribution in [0.4, 0.5) is 0 Å². The van der Waals surface area contributed by atoms with Crippen molar-refractivity contribution in [3.8, 4) is 0 Å². The van der Waals surface area contributed by atoms with Gasteiger partial charge in [-0.1, -0.05) is 52.0 Å². The molecule has 3 aliphatic rings. The Morgan fingerprint density at radius 1 is 0.423 bits per heavy atom. The molecule has 1 saturated heterocycles. The molecule has 0 amide bonds. The van der Waals surface area contributed by atoms with Crippen LogP contribution in [-0.2, 0) is 0 Å². The maximum atomic E-state index is 2.36. The first-order valence-electron chi connectivity index (χ1n) is 10.6. The molecule has 0 atom stereocenters. The van der Waals surface area contributed by atoms with E-state index in [1.54, 1.807) is 0 Å². The van der Waals surface area contributed by atoms with E-state index in [1.165, 1.54) is 52.1 Å². The maximum absolute atomic E-state index is 2.36. The number of hydrogen-bond donors (Lipinski definition) is 0. The highest BCUT2D eigenvalue weighted by Crippen LogP contribution is 1.96. The minimum atomic E-state index is 1.14. The fourth-order valence-corrected chi connectivity index (χ4v) is 2.42. The predicted molar refractivity (Wildman–Crippen MR) is 120 cm³/mol. The molecule has 0 aliphatic carbocycles. The quantitative estimate of drug-likeness (QED) is 0.605. The van der Waals surface area contributed by atoms with E-state index in [0.29, 0.717) is 0 Å². The minimum Gasteiger partial charge on any atom is -0.304 e. The van der Waals surface area contributed by atoms with E-state index < -0.39 is 0 Å². The fourth-order valence-electron chi connectivity index (χ4n) is 2.42. The minimum absolute atomic E-state index is 1.14. The van der Waals surface area contributed by atoms with E-state index in [-0.39, 0.29) is 0 Å². The number of likely N-dealkylation sites (N-methyl/N-ethyl adjacent to an activating group) is 4. The van der Waals surface area contributed by atoms with Gasteiger partial charge in [-0.3, -0.25) is 0 Å². The summed E-state index contributed by atoms with van der Waals surface area (Å²) < 4.78 is 0. The Morgan fingerprint density at radius 3 is 0.885 bits per heavy atom. The molecule has 0 N–H and O–H groups in total. The third-order valence-corrected chi connectivity index (χ3v) is 4.25. The molecule has 0 unspecified atom stereocenters. The number of rotatable bonds is 0. The van der Waals surface area contributed by atoms with Gasteiger partial charge in [0.2, 0.25) is 0 Å². The van der Waals surface area contributed by atoms with Crippen molar-refractivity contribution in [3.63, 3.8) is 0 Å². The summed E-state index contributed by atoms with van der Waals surface area (Å²) in [7, 11) is 8.63. The number of nitrogens with zero attached hydrogens (tertiary/aromatic N) is 4. The molecule has 0 aromatic carbocycles. The van der Waals surface area contributed by atoms with Gasteiger partial charge in [0.25, 0.3) is 0 Å². The summed E-state index contributed by atoms with van der Waals surface area (Å²) in [4.78, 5) is 9.33. The van der Waals surface area contributed by atoms with Crippen LogP contribution in [0.1, 0.15) is 40.5 Å². The second-order valence-electron chi connectivity index (χ2n) is 6.65. The SMILES string of the molecule is CC.CC.CN1CC=CCC1.CN1CC=CCC1.CN1CCN(C)CC1. The van der Waals surface area contributed by atoms with E-state index in [4.69, 9.17) is 0 Å². The highest BCUT2D eigenvalue weighted by molar-refractivity contribution is 4.89. The Labute approximate surface area is 165 Å². The molecule has 1 fully saturated rings. The first-order valence-corrected chi connectivity index (χ1v) is 10.6. The zero-order chi connectivity index (χ0) is 20.2. The average Bonchev–Trinajstić information content (AvgIpc) is 2.70. The van der Waals surface area contributed by atoms with Crippen molar-refractivity contribution in [3.05, 3.63) is 24.3 Å². The zero-order valence-corrected chi connectivity index (χ0v) is 19.2. The summed E-state index contributed by atoms with van der Waals surface area (Å²) in [5.74, 6) is 0. The summed E-state index contributed by atoms with van der Waals surface area (Å²) >= 11 is 0. The Morgan fingerprint density at radius 2 is 0.731 bits per heavy atom. The normalized spacial score (nSPS) is 20.9. The Balaban J connectivity index is 0. The lowest BCUT2D eigenvalue weighted by Crippen LogP contribution is -2.42. The van der Waals surface area contributed by atoms with Gasteiger partial charge in [-0.2, -0.15) is 0 Å². The van der Waals surface area contributed by atoms with Crippen molar-refractivity contribution in [1.82, 2.24) is 19.6 Å². The highest BCUT2D eigenvalue weighted by atomic mass is 15.2. The van der Waals surface area contributed by atoms with E-state index in [2.05, 4.69) is 72.1 Å². The van der Waals surface area contributed by atoms with Crippen LogP contribution in [0.2, 0.25) is 0 Å². The smallest absolute Gasteiger partial charge is 0.0160 e.